The lowest BCUT2D eigenvalue weighted by Crippen LogP contribution is -2.05. The number of nitrogens with one attached hydrogen (secondary N) is 1. The molecule has 1 rings (SSSR count). The van der Waals surface area contributed by atoms with Gasteiger partial charge in [0.2, 0.25) is 5.43 Å². The molecule has 0 aliphatic heterocycles. The van der Waals surface area contributed by atoms with Gasteiger partial charge < -0.3 is 10.1 Å². The Morgan fingerprint density at radius 3 is 2.67 bits per heavy atom. The molecule has 12 heavy (non-hydrogen) atoms. The van der Waals surface area contributed by atoms with Crippen molar-refractivity contribution in [1.82, 2.24) is 4.98 Å². The maximum absolute atomic E-state index is 12.0. The lowest BCUT2D eigenvalue weighted by molar-refractivity contribution is 0.141. The highest BCUT2D eigenvalue weighted by Crippen LogP contribution is 2.23. The maximum Gasteiger partial charge on any atom is 0.282 e. The molecule has 0 aromatic carbocycles. The highest BCUT2D eigenvalue weighted by molar-refractivity contribution is 6.29. The highest BCUT2D eigenvalue weighted by Gasteiger charge is 2.16. The van der Waals surface area contributed by atoms with Crippen molar-refractivity contribution in [2.75, 3.05) is 0 Å². The van der Waals surface area contributed by atoms with E-state index >= 15 is 0 Å². The molecule has 1 aromatic heterocycles. The van der Waals surface area contributed by atoms with Crippen LogP contribution in [-0.4, -0.2) is 10.1 Å². The Hall–Kier alpha value is -1.10. The first-order valence-electron chi connectivity index (χ1n) is 2.92. The van der Waals surface area contributed by atoms with Crippen LogP contribution in [0.1, 0.15) is 12.1 Å². The van der Waals surface area contributed by atoms with Gasteiger partial charge in [-0.3, -0.25) is 4.79 Å². The predicted octanol–water partition coefficient (Wildman–Crippen LogP) is 1.67. The number of aromatic hydroxyl groups is 1. The molecule has 0 unspecified atom stereocenters. The second-order valence-corrected chi connectivity index (χ2v) is 2.45. The molecule has 3 nitrogen and oxygen atoms in total. The summed E-state index contributed by atoms with van der Waals surface area (Å²) in [5, 5.41) is 8.58. The Morgan fingerprint density at radius 1 is 1.58 bits per heavy atom. The van der Waals surface area contributed by atoms with Crippen LogP contribution in [0.3, 0.4) is 0 Å². The number of hydrogen-bond donors (Lipinski definition) is 2. The van der Waals surface area contributed by atoms with E-state index in [1.807, 2.05) is 4.98 Å². The number of hydrogen-bond acceptors (Lipinski definition) is 2. The van der Waals surface area contributed by atoms with Gasteiger partial charge in [-0.15, -0.1) is 0 Å². The van der Waals surface area contributed by atoms with Crippen molar-refractivity contribution in [2.24, 2.45) is 0 Å². The van der Waals surface area contributed by atoms with E-state index in [9.17, 15) is 13.6 Å². The molecule has 0 aliphatic rings. The van der Waals surface area contributed by atoms with Crippen molar-refractivity contribution >= 4 is 11.6 Å². The number of rotatable bonds is 1. The van der Waals surface area contributed by atoms with Crippen LogP contribution in [0.15, 0.2) is 10.9 Å². The lowest BCUT2D eigenvalue weighted by Gasteiger charge is -2.02. The fraction of sp³-hybridized carbons (Fsp3) is 0.167. The Morgan fingerprint density at radius 2 is 2.17 bits per heavy atom. The number of alkyl halides is 2. The Kier molecular flexibility index (Phi) is 2.32. The van der Waals surface area contributed by atoms with Gasteiger partial charge in [0.1, 0.15) is 10.8 Å². The van der Waals surface area contributed by atoms with Crippen LogP contribution in [0.25, 0.3) is 0 Å². The van der Waals surface area contributed by atoms with Crippen molar-refractivity contribution < 1.29 is 13.9 Å². The molecule has 0 bridgehead atoms. The van der Waals surface area contributed by atoms with Crippen LogP contribution in [0.4, 0.5) is 8.78 Å². The summed E-state index contributed by atoms with van der Waals surface area (Å²) in [6.07, 6.45) is -2.95. The third-order valence-corrected chi connectivity index (χ3v) is 1.42. The van der Waals surface area contributed by atoms with E-state index in [1.165, 1.54) is 0 Å². The average Bonchev–Trinajstić information content (AvgIpc) is 1.96. The molecule has 66 valence electrons. The molecular weight excluding hydrogens is 192 g/mol. The summed E-state index contributed by atoms with van der Waals surface area (Å²) in [6, 6.07) is 0.822. The van der Waals surface area contributed by atoms with Gasteiger partial charge >= 0.3 is 0 Å². The Labute approximate surface area is 70.6 Å². The van der Waals surface area contributed by atoms with Gasteiger partial charge in [0.15, 0.2) is 5.75 Å². The number of H-pyrrole nitrogens is 1. The smallest absolute Gasteiger partial charge is 0.282 e. The first-order chi connectivity index (χ1) is 5.52. The molecule has 0 atom stereocenters. The van der Waals surface area contributed by atoms with Gasteiger partial charge in [0.05, 0.1) is 0 Å². The topological polar surface area (TPSA) is 53.1 Å². The van der Waals surface area contributed by atoms with E-state index in [-0.39, 0.29) is 5.15 Å². The Bertz CT molecular complexity index is 350. The summed E-state index contributed by atoms with van der Waals surface area (Å²) in [7, 11) is 0. The van der Waals surface area contributed by atoms with E-state index in [0.717, 1.165) is 6.07 Å². The molecule has 0 fully saturated rings. The van der Waals surface area contributed by atoms with Gasteiger partial charge in [-0.05, 0) is 0 Å². The molecule has 0 aliphatic carbocycles. The second kappa shape index (κ2) is 3.10. The van der Waals surface area contributed by atoms with Crippen molar-refractivity contribution in [1.29, 1.82) is 0 Å². The predicted molar refractivity (Wildman–Crippen MR) is 38.7 cm³/mol. The SMILES string of the molecule is O=c1cc(Cl)[nH]c(C(F)F)c1O. The minimum Gasteiger partial charge on any atom is -0.503 e. The van der Waals surface area contributed by atoms with Crippen LogP contribution < -0.4 is 5.43 Å². The summed E-state index contributed by atoms with van der Waals surface area (Å²) < 4.78 is 24.0. The van der Waals surface area contributed by atoms with Gasteiger partial charge in [-0.25, -0.2) is 8.78 Å². The minimum absolute atomic E-state index is 0.229. The van der Waals surface area contributed by atoms with Crippen molar-refractivity contribution in [3.05, 3.63) is 27.1 Å². The molecule has 0 saturated carbocycles. The van der Waals surface area contributed by atoms with E-state index in [1.54, 1.807) is 0 Å². The molecule has 0 saturated heterocycles. The molecule has 1 aromatic rings. The molecule has 0 spiro atoms. The summed E-state index contributed by atoms with van der Waals surface area (Å²) >= 11 is 5.27. The van der Waals surface area contributed by atoms with Crippen molar-refractivity contribution in [3.8, 4) is 5.75 Å². The average molecular weight is 196 g/mol. The van der Waals surface area contributed by atoms with Crippen LogP contribution >= 0.6 is 11.6 Å². The maximum atomic E-state index is 12.0. The fourth-order valence-electron chi connectivity index (χ4n) is 0.698. The van der Waals surface area contributed by atoms with Gasteiger partial charge in [-0.1, -0.05) is 11.6 Å². The van der Waals surface area contributed by atoms with Gasteiger partial charge in [0, 0.05) is 6.07 Å². The van der Waals surface area contributed by atoms with Crippen molar-refractivity contribution in [3.63, 3.8) is 0 Å². The van der Waals surface area contributed by atoms with E-state index in [2.05, 4.69) is 0 Å². The second-order valence-electron chi connectivity index (χ2n) is 2.04. The number of halogens is 3. The third-order valence-electron chi connectivity index (χ3n) is 1.22. The molecule has 0 amide bonds. The summed E-state index contributed by atoms with van der Waals surface area (Å²) in [5.74, 6) is -0.991. The van der Waals surface area contributed by atoms with Crippen LogP contribution in [-0.2, 0) is 0 Å². The van der Waals surface area contributed by atoms with Crippen LogP contribution in [0.2, 0.25) is 5.15 Å². The summed E-state index contributed by atoms with van der Waals surface area (Å²) in [5.41, 5.74) is -1.78. The summed E-state index contributed by atoms with van der Waals surface area (Å²) in [4.78, 5) is 12.7. The quantitative estimate of drug-likeness (QED) is 0.670. The zero-order chi connectivity index (χ0) is 9.30. The monoisotopic (exact) mass is 195 g/mol. The van der Waals surface area contributed by atoms with E-state index in [0.29, 0.717) is 0 Å². The van der Waals surface area contributed by atoms with Crippen LogP contribution in [0, 0.1) is 0 Å². The molecule has 2 N–H and O–H groups in total. The highest BCUT2D eigenvalue weighted by atomic mass is 35.5. The van der Waals surface area contributed by atoms with E-state index in [4.69, 9.17) is 16.7 Å². The van der Waals surface area contributed by atoms with Crippen molar-refractivity contribution in [2.45, 2.75) is 6.43 Å². The first kappa shape index (κ1) is 8.99. The van der Waals surface area contributed by atoms with Gasteiger partial charge in [0.25, 0.3) is 6.43 Å². The summed E-state index contributed by atoms with van der Waals surface area (Å²) in [6.45, 7) is 0. The molecule has 6 heteroatoms. The first-order valence-corrected chi connectivity index (χ1v) is 3.30. The van der Waals surface area contributed by atoms with E-state index < -0.39 is 23.3 Å². The third kappa shape index (κ3) is 1.55. The number of aromatic nitrogens is 1. The molecule has 1 heterocycles. The number of aromatic amines is 1. The standard InChI is InChI=1S/C6H4ClF2NO2/c7-3-1-2(11)5(12)4(10-3)6(8)9/h1,6,12H,(H,10,11). The van der Waals surface area contributed by atoms with Gasteiger partial charge in [-0.2, -0.15) is 0 Å². The molecular formula is C6H4ClF2NO2. The minimum atomic E-state index is -2.95. The molecule has 0 radical (unpaired) electrons. The zero-order valence-corrected chi connectivity index (χ0v) is 6.40. The largest absolute Gasteiger partial charge is 0.503 e. The fourth-order valence-corrected chi connectivity index (χ4v) is 0.899. The normalized spacial score (nSPS) is 10.7. The number of pyridine rings is 1. The zero-order valence-electron chi connectivity index (χ0n) is 5.64. The Balaban J connectivity index is 3.38. The lowest BCUT2D eigenvalue weighted by atomic mass is 10.3. The van der Waals surface area contributed by atoms with Crippen LogP contribution in [0.5, 0.6) is 5.75 Å².